The summed E-state index contributed by atoms with van der Waals surface area (Å²) in [5, 5.41) is 1.98. The third-order valence-electron chi connectivity index (χ3n) is 3.07. The SMILES string of the molecule is CCc1cc(Cl)nc(-c2ccc(Cl)c3cccnc23)n1. The van der Waals surface area contributed by atoms with Crippen LogP contribution in [0.1, 0.15) is 12.6 Å². The molecule has 3 aromatic rings. The Balaban J connectivity index is 2.30. The molecule has 0 radical (unpaired) electrons. The summed E-state index contributed by atoms with van der Waals surface area (Å²) in [5.41, 5.74) is 2.52. The van der Waals surface area contributed by atoms with E-state index in [1.54, 1.807) is 12.3 Å². The molecule has 0 saturated heterocycles. The minimum absolute atomic E-state index is 0.436. The van der Waals surface area contributed by atoms with Crippen molar-refractivity contribution in [2.45, 2.75) is 13.3 Å². The van der Waals surface area contributed by atoms with Gasteiger partial charge in [-0.15, -0.1) is 0 Å². The molecule has 0 saturated carbocycles. The maximum absolute atomic E-state index is 6.20. The zero-order chi connectivity index (χ0) is 14.1. The van der Waals surface area contributed by atoms with E-state index < -0.39 is 0 Å². The van der Waals surface area contributed by atoms with E-state index in [4.69, 9.17) is 23.2 Å². The van der Waals surface area contributed by atoms with E-state index in [2.05, 4.69) is 15.0 Å². The molecule has 0 fully saturated rings. The quantitative estimate of drug-likeness (QED) is 0.651. The number of halogens is 2. The zero-order valence-electron chi connectivity index (χ0n) is 10.8. The van der Waals surface area contributed by atoms with E-state index in [-0.39, 0.29) is 0 Å². The molecule has 0 N–H and O–H groups in total. The van der Waals surface area contributed by atoms with Crippen molar-refractivity contribution in [1.29, 1.82) is 0 Å². The van der Waals surface area contributed by atoms with Crippen LogP contribution in [0.3, 0.4) is 0 Å². The number of aromatic nitrogens is 3. The number of nitrogens with zero attached hydrogens (tertiary/aromatic N) is 3. The molecule has 0 bridgehead atoms. The van der Waals surface area contributed by atoms with Crippen molar-refractivity contribution >= 4 is 34.1 Å². The number of hydrogen-bond donors (Lipinski definition) is 0. The summed E-state index contributed by atoms with van der Waals surface area (Å²) in [4.78, 5) is 13.2. The monoisotopic (exact) mass is 303 g/mol. The van der Waals surface area contributed by atoms with Gasteiger partial charge >= 0.3 is 0 Å². The molecule has 0 atom stereocenters. The van der Waals surface area contributed by atoms with Gasteiger partial charge in [-0.25, -0.2) is 9.97 Å². The van der Waals surface area contributed by atoms with Gasteiger partial charge in [0.15, 0.2) is 5.82 Å². The van der Waals surface area contributed by atoms with E-state index >= 15 is 0 Å². The summed E-state index contributed by atoms with van der Waals surface area (Å²) in [6.45, 7) is 2.03. The van der Waals surface area contributed by atoms with Crippen LogP contribution in [0, 0.1) is 0 Å². The summed E-state index contributed by atoms with van der Waals surface area (Å²) in [5.74, 6) is 0.578. The molecule has 2 aromatic heterocycles. The molecule has 1 aromatic carbocycles. The molecule has 100 valence electrons. The van der Waals surface area contributed by atoms with Crippen molar-refractivity contribution in [3.05, 3.63) is 52.4 Å². The largest absolute Gasteiger partial charge is 0.255 e. The Bertz CT molecular complexity index is 787. The number of hydrogen-bond acceptors (Lipinski definition) is 3. The second-order valence-electron chi connectivity index (χ2n) is 4.35. The van der Waals surface area contributed by atoms with Crippen molar-refractivity contribution in [3.63, 3.8) is 0 Å². The second kappa shape index (κ2) is 5.35. The van der Waals surface area contributed by atoms with E-state index in [0.717, 1.165) is 28.6 Å². The van der Waals surface area contributed by atoms with Gasteiger partial charge in [-0.1, -0.05) is 30.1 Å². The molecule has 20 heavy (non-hydrogen) atoms. The van der Waals surface area contributed by atoms with Crippen LogP contribution in [0.5, 0.6) is 0 Å². The van der Waals surface area contributed by atoms with Gasteiger partial charge in [-0.05, 0) is 36.8 Å². The minimum atomic E-state index is 0.436. The first-order valence-electron chi connectivity index (χ1n) is 6.26. The topological polar surface area (TPSA) is 38.7 Å². The fourth-order valence-corrected chi connectivity index (χ4v) is 2.51. The van der Waals surface area contributed by atoms with E-state index in [1.165, 1.54) is 0 Å². The fraction of sp³-hybridized carbons (Fsp3) is 0.133. The Morgan fingerprint density at radius 1 is 1.10 bits per heavy atom. The normalized spacial score (nSPS) is 10.9. The van der Waals surface area contributed by atoms with Gasteiger partial charge in [-0.2, -0.15) is 0 Å². The Labute approximate surface area is 126 Å². The molecule has 0 amide bonds. The smallest absolute Gasteiger partial charge is 0.163 e. The van der Waals surface area contributed by atoms with Crippen molar-refractivity contribution in [2.24, 2.45) is 0 Å². The van der Waals surface area contributed by atoms with Crippen LogP contribution in [-0.2, 0) is 6.42 Å². The van der Waals surface area contributed by atoms with Crippen LogP contribution in [0.4, 0.5) is 0 Å². The lowest BCUT2D eigenvalue weighted by Crippen LogP contribution is -1.96. The predicted octanol–water partition coefficient (Wildman–Crippen LogP) is 4.56. The molecule has 5 heteroatoms. The highest BCUT2D eigenvalue weighted by atomic mass is 35.5. The first kappa shape index (κ1) is 13.3. The molecular weight excluding hydrogens is 293 g/mol. The highest BCUT2D eigenvalue weighted by molar-refractivity contribution is 6.35. The number of benzene rings is 1. The average molecular weight is 304 g/mol. The maximum atomic E-state index is 6.20. The summed E-state index contributed by atoms with van der Waals surface area (Å²) in [7, 11) is 0. The second-order valence-corrected chi connectivity index (χ2v) is 5.15. The van der Waals surface area contributed by atoms with Gasteiger partial charge in [0.05, 0.1) is 10.5 Å². The summed E-state index contributed by atoms with van der Waals surface area (Å²) < 4.78 is 0. The first-order chi connectivity index (χ1) is 9.69. The first-order valence-corrected chi connectivity index (χ1v) is 7.01. The van der Waals surface area contributed by atoms with Crippen LogP contribution in [0.25, 0.3) is 22.3 Å². The molecule has 0 aliphatic carbocycles. The summed E-state index contributed by atoms with van der Waals surface area (Å²) in [6, 6.07) is 9.27. The molecule has 0 aliphatic heterocycles. The third kappa shape index (κ3) is 2.35. The minimum Gasteiger partial charge on any atom is -0.255 e. The van der Waals surface area contributed by atoms with Crippen LogP contribution in [0.2, 0.25) is 10.2 Å². The standard InChI is InChI=1S/C15H11Cl2N3/c1-2-9-8-13(17)20-15(19-9)11-5-6-12(16)10-4-3-7-18-14(10)11/h3-8H,2H2,1H3. The molecular formula is C15H11Cl2N3. The highest BCUT2D eigenvalue weighted by Gasteiger charge is 2.11. The number of aryl methyl sites for hydroxylation is 1. The van der Waals surface area contributed by atoms with Crippen molar-refractivity contribution in [3.8, 4) is 11.4 Å². The molecule has 2 heterocycles. The predicted molar refractivity (Wildman–Crippen MR) is 82.2 cm³/mol. The third-order valence-corrected chi connectivity index (χ3v) is 3.59. The Morgan fingerprint density at radius 3 is 2.75 bits per heavy atom. The number of pyridine rings is 1. The molecule has 0 unspecified atom stereocenters. The van der Waals surface area contributed by atoms with Gasteiger partial charge in [0.2, 0.25) is 0 Å². The lowest BCUT2D eigenvalue weighted by Gasteiger charge is -2.07. The van der Waals surface area contributed by atoms with Gasteiger partial charge in [0.1, 0.15) is 5.15 Å². The van der Waals surface area contributed by atoms with Crippen LogP contribution in [0.15, 0.2) is 36.5 Å². The molecule has 0 aliphatic rings. The van der Waals surface area contributed by atoms with Crippen LogP contribution in [-0.4, -0.2) is 15.0 Å². The lowest BCUT2D eigenvalue weighted by molar-refractivity contribution is 1.01. The maximum Gasteiger partial charge on any atom is 0.163 e. The van der Waals surface area contributed by atoms with Crippen LogP contribution >= 0.6 is 23.2 Å². The van der Waals surface area contributed by atoms with E-state index in [1.807, 2.05) is 31.2 Å². The van der Waals surface area contributed by atoms with Gasteiger partial charge in [0, 0.05) is 22.8 Å². The zero-order valence-corrected chi connectivity index (χ0v) is 12.3. The Hall–Kier alpha value is -1.71. The average Bonchev–Trinajstić information content (AvgIpc) is 2.47. The van der Waals surface area contributed by atoms with Crippen LogP contribution < -0.4 is 0 Å². The number of rotatable bonds is 2. The van der Waals surface area contributed by atoms with Gasteiger partial charge in [0.25, 0.3) is 0 Å². The highest BCUT2D eigenvalue weighted by Crippen LogP contribution is 2.30. The van der Waals surface area contributed by atoms with Gasteiger partial charge < -0.3 is 0 Å². The summed E-state index contributed by atoms with van der Waals surface area (Å²) in [6.07, 6.45) is 2.53. The van der Waals surface area contributed by atoms with E-state index in [0.29, 0.717) is 16.0 Å². The van der Waals surface area contributed by atoms with Crippen molar-refractivity contribution in [1.82, 2.24) is 15.0 Å². The molecule has 0 spiro atoms. The molecule has 3 rings (SSSR count). The fourth-order valence-electron chi connectivity index (χ4n) is 2.08. The lowest BCUT2D eigenvalue weighted by atomic mass is 10.1. The Morgan fingerprint density at radius 2 is 1.95 bits per heavy atom. The molecule has 3 nitrogen and oxygen atoms in total. The van der Waals surface area contributed by atoms with Gasteiger partial charge in [-0.3, -0.25) is 4.98 Å². The Kier molecular flexibility index (Phi) is 3.55. The van der Waals surface area contributed by atoms with E-state index in [9.17, 15) is 0 Å². The number of fused-ring (bicyclic) bond motifs is 1. The van der Waals surface area contributed by atoms with Crippen molar-refractivity contribution < 1.29 is 0 Å². The summed E-state index contributed by atoms with van der Waals surface area (Å²) >= 11 is 12.3. The van der Waals surface area contributed by atoms with Crippen molar-refractivity contribution in [2.75, 3.05) is 0 Å².